The summed E-state index contributed by atoms with van der Waals surface area (Å²) in [6, 6.07) is 13.0. The normalized spacial score (nSPS) is 10.6. The Morgan fingerprint density at radius 3 is 2.68 bits per heavy atom. The lowest BCUT2D eigenvalue weighted by atomic mass is 10.1. The monoisotopic (exact) mass is 269 g/mol. The zero-order valence-electron chi connectivity index (χ0n) is 10.3. The van der Waals surface area contributed by atoms with E-state index in [0.717, 1.165) is 10.6 Å². The molecule has 0 aliphatic heterocycles. The summed E-state index contributed by atoms with van der Waals surface area (Å²) in [5.41, 5.74) is 1.65. The van der Waals surface area contributed by atoms with Crippen molar-refractivity contribution in [1.82, 2.24) is 4.98 Å². The second kappa shape index (κ2) is 4.82. The van der Waals surface area contributed by atoms with Crippen LogP contribution in [0.15, 0.2) is 57.1 Å². The van der Waals surface area contributed by atoms with Gasteiger partial charge in [-0.25, -0.2) is 4.79 Å². The van der Waals surface area contributed by atoms with Gasteiger partial charge in [0.25, 0.3) is 0 Å². The standard InChI is InChI=1S/C15H11NO2S/c1-10-4-2-5-12(16-10)11-7-8-13(18-15(11)17)14-6-3-9-19-14/h2-9H,1H3. The molecule has 3 aromatic rings. The number of hydrogen-bond donors (Lipinski definition) is 0. The molecule has 4 heteroatoms. The zero-order valence-corrected chi connectivity index (χ0v) is 11.1. The third-order valence-corrected chi connectivity index (χ3v) is 3.64. The second-order valence-electron chi connectivity index (χ2n) is 4.14. The Morgan fingerprint density at radius 2 is 2.00 bits per heavy atom. The summed E-state index contributed by atoms with van der Waals surface area (Å²) in [5.74, 6) is 0.594. The minimum absolute atomic E-state index is 0.357. The van der Waals surface area contributed by atoms with E-state index < -0.39 is 0 Å². The van der Waals surface area contributed by atoms with E-state index in [1.807, 2.05) is 48.7 Å². The fourth-order valence-corrected chi connectivity index (χ4v) is 2.54. The van der Waals surface area contributed by atoms with Crippen LogP contribution in [0.3, 0.4) is 0 Å². The van der Waals surface area contributed by atoms with E-state index in [0.29, 0.717) is 17.0 Å². The van der Waals surface area contributed by atoms with E-state index in [9.17, 15) is 4.79 Å². The predicted octanol–water partition coefficient (Wildman–Crippen LogP) is 3.74. The van der Waals surface area contributed by atoms with E-state index in [2.05, 4.69) is 4.98 Å². The number of aryl methyl sites for hydroxylation is 1. The molecule has 3 rings (SSSR count). The van der Waals surface area contributed by atoms with Gasteiger partial charge >= 0.3 is 5.63 Å². The fraction of sp³-hybridized carbons (Fsp3) is 0.0667. The Bertz CT molecular complexity index is 760. The van der Waals surface area contributed by atoms with Gasteiger partial charge in [0.05, 0.1) is 16.1 Å². The van der Waals surface area contributed by atoms with Gasteiger partial charge in [-0.05, 0) is 42.6 Å². The van der Waals surface area contributed by atoms with Crippen LogP contribution in [0.4, 0.5) is 0 Å². The number of pyridine rings is 1. The van der Waals surface area contributed by atoms with Gasteiger partial charge in [-0.1, -0.05) is 12.1 Å². The molecule has 0 spiro atoms. The maximum absolute atomic E-state index is 12.0. The van der Waals surface area contributed by atoms with Gasteiger partial charge in [0.15, 0.2) is 0 Å². The lowest BCUT2D eigenvalue weighted by Gasteiger charge is -2.01. The molecule has 0 amide bonds. The highest BCUT2D eigenvalue weighted by molar-refractivity contribution is 7.13. The summed E-state index contributed by atoms with van der Waals surface area (Å²) in [4.78, 5) is 17.3. The van der Waals surface area contributed by atoms with Crippen molar-refractivity contribution < 1.29 is 4.42 Å². The SMILES string of the molecule is Cc1cccc(-c2ccc(-c3cccs3)oc2=O)n1. The molecular formula is C15H11NO2S. The average molecular weight is 269 g/mol. The number of hydrogen-bond acceptors (Lipinski definition) is 4. The third-order valence-electron chi connectivity index (χ3n) is 2.75. The minimum atomic E-state index is -0.357. The van der Waals surface area contributed by atoms with Gasteiger partial charge in [-0.15, -0.1) is 11.3 Å². The van der Waals surface area contributed by atoms with Crippen molar-refractivity contribution in [2.24, 2.45) is 0 Å². The smallest absolute Gasteiger partial charge is 0.345 e. The Hall–Kier alpha value is -2.20. The molecule has 0 aliphatic carbocycles. The average Bonchev–Trinajstić information content (AvgIpc) is 2.92. The van der Waals surface area contributed by atoms with Gasteiger partial charge in [0, 0.05) is 5.69 Å². The molecule has 0 radical (unpaired) electrons. The molecule has 3 aromatic heterocycles. The molecule has 0 bridgehead atoms. The summed E-state index contributed by atoms with van der Waals surface area (Å²) in [6.07, 6.45) is 0. The summed E-state index contributed by atoms with van der Waals surface area (Å²) in [6.45, 7) is 1.89. The first-order valence-corrected chi connectivity index (χ1v) is 6.74. The first-order valence-electron chi connectivity index (χ1n) is 5.86. The summed E-state index contributed by atoms with van der Waals surface area (Å²) >= 11 is 1.54. The van der Waals surface area contributed by atoms with Crippen LogP contribution in [-0.2, 0) is 0 Å². The summed E-state index contributed by atoms with van der Waals surface area (Å²) in [7, 11) is 0. The van der Waals surface area contributed by atoms with Gasteiger partial charge in [0.1, 0.15) is 5.76 Å². The first-order chi connectivity index (χ1) is 9.24. The van der Waals surface area contributed by atoms with Crippen LogP contribution in [0.5, 0.6) is 0 Å². The Labute approximate surface area is 114 Å². The van der Waals surface area contributed by atoms with Crippen molar-refractivity contribution in [3.8, 4) is 21.9 Å². The molecule has 0 fully saturated rings. The van der Waals surface area contributed by atoms with E-state index in [4.69, 9.17) is 4.42 Å². The molecule has 3 nitrogen and oxygen atoms in total. The molecule has 0 unspecified atom stereocenters. The summed E-state index contributed by atoms with van der Waals surface area (Å²) < 4.78 is 5.36. The van der Waals surface area contributed by atoms with Crippen LogP contribution in [0.2, 0.25) is 0 Å². The zero-order chi connectivity index (χ0) is 13.2. The predicted molar refractivity (Wildman–Crippen MR) is 76.3 cm³/mol. The second-order valence-corrected chi connectivity index (χ2v) is 5.09. The Morgan fingerprint density at radius 1 is 1.11 bits per heavy atom. The van der Waals surface area contributed by atoms with Crippen LogP contribution in [0.25, 0.3) is 21.9 Å². The van der Waals surface area contributed by atoms with E-state index in [-0.39, 0.29) is 5.63 Å². The van der Waals surface area contributed by atoms with Crippen molar-refractivity contribution >= 4 is 11.3 Å². The van der Waals surface area contributed by atoms with Crippen molar-refractivity contribution in [2.75, 3.05) is 0 Å². The van der Waals surface area contributed by atoms with E-state index in [1.54, 1.807) is 17.4 Å². The maximum Gasteiger partial charge on any atom is 0.345 e. The van der Waals surface area contributed by atoms with Crippen molar-refractivity contribution in [3.63, 3.8) is 0 Å². The molecule has 0 aromatic carbocycles. The minimum Gasteiger partial charge on any atom is -0.421 e. The molecule has 0 saturated heterocycles. The van der Waals surface area contributed by atoms with Gasteiger partial charge in [0.2, 0.25) is 0 Å². The molecule has 0 N–H and O–H groups in total. The molecule has 19 heavy (non-hydrogen) atoms. The highest BCUT2D eigenvalue weighted by Crippen LogP contribution is 2.24. The number of aromatic nitrogens is 1. The maximum atomic E-state index is 12.0. The fourth-order valence-electron chi connectivity index (χ4n) is 1.85. The van der Waals surface area contributed by atoms with Crippen LogP contribution < -0.4 is 5.63 Å². The van der Waals surface area contributed by atoms with Crippen LogP contribution >= 0.6 is 11.3 Å². The van der Waals surface area contributed by atoms with Gasteiger partial charge in [-0.3, -0.25) is 4.98 Å². The number of thiophene rings is 1. The van der Waals surface area contributed by atoms with Crippen LogP contribution in [-0.4, -0.2) is 4.98 Å². The first kappa shape index (κ1) is 11.9. The topological polar surface area (TPSA) is 43.1 Å². The van der Waals surface area contributed by atoms with Crippen molar-refractivity contribution in [2.45, 2.75) is 6.92 Å². The van der Waals surface area contributed by atoms with Crippen molar-refractivity contribution in [1.29, 1.82) is 0 Å². The Balaban J connectivity index is 2.08. The summed E-state index contributed by atoms with van der Waals surface area (Å²) in [5, 5.41) is 1.95. The van der Waals surface area contributed by atoms with Crippen LogP contribution in [0.1, 0.15) is 5.69 Å². The number of nitrogens with zero attached hydrogens (tertiary/aromatic N) is 1. The largest absolute Gasteiger partial charge is 0.421 e. The van der Waals surface area contributed by atoms with E-state index >= 15 is 0 Å². The van der Waals surface area contributed by atoms with Gasteiger partial charge in [-0.2, -0.15) is 0 Å². The molecule has 94 valence electrons. The molecule has 0 saturated carbocycles. The Kier molecular flexibility index (Phi) is 3.01. The lowest BCUT2D eigenvalue weighted by molar-refractivity contribution is 0.529. The molecule has 0 aliphatic rings. The highest BCUT2D eigenvalue weighted by atomic mass is 32.1. The molecule has 3 heterocycles. The van der Waals surface area contributed by atoms with Crippen LogP contribution in [0, 0.1) is 6.92 Å². The van der Waals surface area contributed by atoms with E-state index in [1.165, 1.54) is 0 Å². The lowest BCUT2D eigenvalue weighted by Crippen LogP contribution is -2.04. The highest BCUT2D eigenvalue weighted by Gasteiger charge is 2.09. The molecule has 0 atom stereocenters. The third kappa shape index (κ3) is 2.35. The number of rotatable bonds is 2. The molecular weight excluding hydrogens is 258 g/mol. The quantitative estimate of drug-likeness (QED) is 0.711. The van der Waals surface area contributed by atoms with Gasteiger partial charge < -0.3 is 4.42 Å². The van der Waals surface area contributed by atoms with Crippen molar-refractivity contribution in [3.05, 3.63) is 64.0 Å².